The Morgan fingerprint density at radius 1 is 0.642 bits per heavy atom. The monoisotopic (exact) mass is 702 g/mol. The van der Waals surface area contributed by atoms with Crippen LogP contribution in [0.5, 0.6) is 0 Å². The third-order valence-electron chi connectivity index (χ3n) is 10.2. The van der Waals surface area contributed by atoms with Crippen LogP contribution in [0.3, 0.4) is 0 Å². The van der Waals surface area contributed by atoms with Crippen molar-refractivity contribution in [3.63, 3.8) is 0 Å². The lowest BCUT2D eigenvalue weighted by atomic mass is 9.89. The molecule has 0 bridgehead atoms. The zero-order chi connectivity index (χ0) is 36.6. The Morgan fingerprint density at radius 2 is 1.36 bits per heavy atom. The van der Waals surface area contributed by atoms with E-state index >= 15 is 8.78 Å². The first kappa shape index (κ1) is 32.1. The summed E-state index contributed by atoms with van der Waals surface area (Å²) >= 11 is 0. The molecule has 7 aromatic rings. The number of nitrogens with zero attached hydrogens (tertiary/aromatic N) is 3. The molecule has 2 aliphatic rings. The lowest BCUT2D eigenvalue weighted by Crippen LogP contribution is -2.07. The van der Waals surface area contributed by atoms with Gasteiger partial charge < -0.3 is 5.32 Å². The van der Waals surface area contributed by atoms with Crippen LogP contribution in [0.1, 0.15) is 38.9 Å². The van der Waals surface area contributed by atoms with Gasteiger partial charge in [-0.3, -0.25) is 4.98 Å². The number of anilines is 2. The van der Waals surface area contributed by atoms with E-state index in [9.17, 15) is 23.7 Å². The van der Waals surface area contributed by atoms with Gasteiger partial charge in [-0.05, 0) is 93.2 Å². The van der Waals surface area contributed by atoms with E-state index in [0.717, 1.165) is 51.2 Å². The zero-order valence-electron chi connectivity index (χ0n) is 27.5. The molecule has 4 nitrogen and oxygen atoms in total. The molecule has 254 valence electrons. The largest absolute Gasteiger partial charge is 0.418 e. The number of aromatic nitrogens is 1. The van der Waals surface area contributed by atoms with Gasteiger partial charge in [-0.15, -0.1) is 0 Å². The molecule has 0 radical (unpaired) electrons. The summed E-state index contributed by atoms with van der Waals surface area (Å²) in [6.45, 7) is 0. The highest BCUT2D eigenvalue weighted by atomic mass is 19.4. The van der Waals surface area contributed by atoms with E-state index in [-0.39, 0.29) is 22.0 Å². The maximum atomic E-state index is 15.9. The van der Waals surface area contributed by atoms with E-state index in [1.54, 1.807) is 36.4 Å². The Labute approximate surface area is 300 Å². The zero-order valence-corrected chi connectivity index (χ0v) is 27.5. The number of rotatable bonds is 4. The topological polar surface area (TPSA) is 72.5 Å². The van der Waals surface area contributed by atoms with Gasteiger partial charge in [0.2, 0.25) is 0 Å². The van der Waals surface area contributed by atoms with Gasteiger partial charge >= 0.3 is 6.18 Å². The van der Waals surface area contributed by atoms with Crippen molar-refractivity contribution >= 4 is 22.3 Å². The van der Waals surface area contributed by atoms with Crippen LogP contribution in [0.2, 0.25) is 0 Å². The van der Waals surface area contributed by atoms with Crippen LogP contribution in [0, 0.1) is 34.3 Å². The highest BCUT2D eigenvalue weighted by Crippen LogP contribution is 2.50. The van der Waals surface area contributed by atoms with Crippen molar-refractivity contribution in [2.24, 2.45) is 0 Å². The molecule has 53 heavy (non-hydrogen) atoms. The van der Waals surface area contributed by atoms with Gasteiger partial charge in [-0.1, -0.05) is 72.8 Å². The highest BCUT2D eigenvalue weighted by molar-refractivity contribution is 6.00. The number of hydrogen-bond acceptors (Lipinski definition) is 4. The van der Waals surface area contributed by atoms with Gasteiger partial charge in [0.1, 0.15) is 12.1 Å². The summed E-state index contributed by atoms with van der Waals surface area (Å²) in [5, 5.41) is 23.8. The Morgan fingerprint density at radius 3 is 2.15 bits per heavy atom. The van der Waals surface area contributed by atoms with Crippen molar-refractivity contribution in [2.45, 2.75) is 19.0 Å². The number of nitrogens with one attached hydrogen (secondary N) is 1. The van der Waals surface area contributed by atoms with Crippen LogP contribution in [-0.4, -0.2) is 4.98 Å². The number of nitriles is 2. The predicted octanol–water partition coefficient (Wildman–Crippen LogP) is 11.5. The van der Waals surface area contributed by atoms with Gasteiger partial charge in [0.15, 0.2) is 11.6 Å². The maximum absolute atomic E-state index is 15.9. The molecule has 1 heterocycles. The third kappa shape index (κ3) is 4.97. The first-order chi connectivity index (χ1) is 25.7. The Kier molecular flexibility index (Phi) is 7.18. The molecule has 0 unspecified atom stereocenters. The fourth-order valence-corrected chi connectivity index (χ4v) is 8.00. The number of halogens is 5. The summed E-state index contributed by atoms with van der Waals surface area (Å²) < 4.78 is 73.0. The number of benzene rings is 6. The summed E-state index contributed by atoms with van der Waals surface area (Å²) in [6, 6.07) is 33.0. The molecule has 1 aromatic heterocycles. The van der Waals surface area contributed by atoms with Gasteiger partial charge in [0.25, 0.3) is 0 Å². The SMILES string of the molecule is N#Cc1ccc2c(c1Nc1cccc(-c3c(C#N)cnc4c(C(F)(F)F)cccc34)c1)-c1cccc(-c3c(F)c(F)cc4c3Cc3ccccc3-4)c1C2. The first-order valence-electron chi connectivity index (χ1n) is 16.7. The smallest absolute Gasteiger partial charge is 0.354 e. The Hall–Kier alpha value is -6.84. The standard InChI is InChI=1S/C44H23F5N4/c45-37-19-34-29-9-2-1-6-23(29)17-35(34)40(41(37)46)31-11-4-10-30-33(31)18-25-14-15-26(20-50)42(39(25)30)53-28-8-3-7-24(16-28)38-27(21-51)22-52-43-32(38)12-5-13-36(43)44(47,48)49/h1-16,19,22,53H,17-18H2. The van der Waals surface area contributed by atoms with E-state index in [0.29, 0.717) is 52.0 Å². The second-order valence-electron chi connectivity index (χ2n) is 13.1. The van der Waals surface area contributed by atoms with Crippen LogP contribution >= 0.6 is 0 Å². The number of fused-ring (bicyclic) bond motifs is 7. The quantitative estimate of drug-likeness (QED) is 0.185. The van der Waals surface area contributed by atoms with Crippen molar-refractivity contribution in [3.8, 4) is 56.6 Å². The van der Waals surface area contributed by atoms with Crippen LogP contribution in [-0.2, 0) is 19.0 Å². The molecule has 0 fully saturated rings. The van der Waals surface area contributed by atoms with Crippen LogP contribution in [0.25, 0.3) is 55.4 Å². The van der Waals surface area contributed by atoms with Crippen LogP contribution in [0.4, 0.5) is 33.3 Å². The Balaban J connectivity index is 1.17. The summed E-state index contributed by atoms with van der Waals surface area (Å²) in [4.78, 5) is 4.01. The molecular weight excluding hydrogens is 680 g/mol. The van der Waals surface area contributed by atoms with Crippen molar-refractivity contribution < 1.29 is 22.0 Å². The van der Waals surface area contributed by atoms with Crippen LogP contribution in [0.15, 0.2) is 109 Å². The second kappa shape index (κ2) is 11.9. The molecule has 0 aliphatic heterocycles. The average Bonchev–Trinajstić information content (AvgIpc) is 3.73. The maximum Gasteiger partial charge on any atom is 0.418 e. The van der Waals surface area contributed by atoms with E-state index in [4.69, 9.17) is 0 Å². The van der Waals surface area contributed by atoms with Crippen molar-refractivity contribution in [2.75, 3.05) is 5.32 Å². The van der Waals surface area contributed by atoms with Crippen molar-refractivity contribution in [1.29, 1.82) is 10.5 Å². The molecule has 9 heteroatoms. The number of hydrogen-bond donors (Lipinski definition) is 1. The third-order valence-corrected chi connectivity index (χ3v) is 10.2. The fraction of sp³-hybridized carbons (Fsp3) is 0.0682. The molecule has 9 rings (SSSR count). The molecule has 0 saturated carbocycles. The summed E-state index contributed by atoms with van der Waals surface area (Å²) in [6.07, 6.45) is -2.62. The van der Waals surface area contributed by atoms with Gasteiger partial charge in [0, 0.05) is 34.0 Å². The highest BCUT2D eigenvalue weighted by Gasteiger charge is 2.34. The lowest BCUT2D eigenvalue weighted by Gasteiger charge is -2.17. The molecule has 6 aromatic carbocycles. The first-order valence-corrected chi connectivity index (χ1v) is 16.7. The minimum atomic E-state index is -4.65. The minimum absolute atomic E-state index is 0.105. The molecule has 1 N–H and O–H groups in total. The summed E-state index contributed by atoms with van der Waals surface area (Å²) in [5.41, 5.74) is 8.35. The molecular formula is C44H23F5N4. The van der Waals surface area contributed by atoms with Gasteiger partial charge in [0.05, 0.1) is 27.9 Å². The van der Waals surface area contributed by atoms with Gasteiger partial charge in [-0.25, -0.2) is 8.78 Å². The Bertz CT molecular complexity index is 2810. The van der Waals surface area contributed by atoms with Gasteiger partial charge in [-0.2, -0.15) is 23.7 Å². The molecule has 0 amide bonds. The van der Waals surface area contributed by atoms with Crippen molar-refractivity contribution in [3.05, 3.63) is 160 Å². The summed E-state index contributed by atoms with van der Waals surface area (Å²) in [5.74, 6) is -1.83. The number of para-hydroxylation sites is 1. The molecule has 0 atom stereocenters. The normalized spacial score (nSPS) is 12.4. The molecule has 2 aliphatic carbocycles. The van der Waals surface area contributed by atoms with Crippen molar-refractivity contribution in [1.82, 2.24) is 4.98 Å². The molecule has 0 spiro atoms. The predicted molar refractivity (Wildman–Crippen MR) is 193 cm³/mol. The van der Waals surface area contributed by atoms with E-state index in [2.05, 4.69) is 22.4 Å². The summed E-state index contributed by atoms with van der Waals surface area (Å²) in [7, 11) is 0. The number of pyridine rings is 1. The fourth-order valence-electron chi connectivity index (χ4n) is 8.00. The second-order valence-corrected chi connectivity index (χ2v) is 13.1. The minimum Gasteiger partial charge on any atom is -0.354 e. The van der Waals surface area contributed by atoms with E-state index in [1.165, 1.54) is 18.2 Å². The molecule has 0 saturated heterocycles. The average molecular weight is 703 g/mol. The van der Waals surface area contributed by atoms with Crippen LogP contribution < -0.4 is 5.32 Å². The number of alkyl halides is 3. The van der Waals surface area contributed by atoms with E-state index in [1.807, 2.05) is 42.5 Å². The lowest BCUT2D eigenvalue weighted by molar-refractivity contribution is -0.136. The van der Waals surface area contributed by atoms with E-state index < -0.39 is 23.4 Å².